The fourth-order valence-corrected chi connectivity index (χ4v) is 0.673. The Morgan fingerprint density at radius 2 is 1.00 bits per heavy atom. The Hall–Kier alpha value is 0.920. The molecule has 0 saturated carbocycles. The Kier molecular flexibility index (Phi) is 8.65. The maximum atomic E-state index is 8.18. The van der Waals surface area contributed by atoms with Gasteiger partial charge in [-0.15, -0.1) is 0 Å². The first-order valence-electron chi connectivity index (χ1n) is 3.01. The molecule has 0 amide bonds. The smallest absolute Gasteiger partial charge is 0.249 e. The highest BCUT2D eigenvalue weighted by Gasteiger charge is 2.26. The summed E-state index contributed by atoms with van der Waals surface area (Å²) in [4.78, 5) is 13.4. The minimum absolute atomic E-state index is 1.23. The summed E-state index contributed by atoms with van der Waals surface area (Å²) in [6.45, 7) is 0. The van der Waals surface area contributed by atoms with Crippen molar-refractivity contribution in [1.82, 2.24) is 0 Å². The van der Waals surface area contributed by atoms with Gasteiger partial charge in [-0.2, -0.15) is 9.78 Å². The second kappa shape index (κ2) is 8.12. The van der Waals surface area contributed by atoms with E-state index in [2.05, 4.69) is 19.6 Å². The highest BCUT2D eigenvalue weighted by molar-refractivity contribution is 6.45. The Labute approximate surface area is 98.9 Å². The fraction of sp³-hybridized carbons (Fsp3) is 1.00. The topological polar surface area (TPSA) is 77.4 Å². The van der Waals surface area contributed by atoms with Gasteiger partial charge in [0.2, 0.25) is 0 Å². The van der Waals surface area contributed by atoms with E-state index in [-0.39, 0.29) is 0 Å². The minimum atomic E-state index is -1.50. The molecule has 0 bridgehead atoms. The molecule has 0 spiro atoms. The van der Waals surface area contributed by atoms with E-state index in [0.717, 1.165) is 0 Å². The van der Waals surface area contributed by atoms with Gasteiger partial charge in [0.05, 0.1) is 0 Å². The van der Waals surface area contributed by atoms with Crippen molar-refractivity contribution in [2.75, 3.05) is 0 Å². The highest BCUT2D eigenvalue weighted by Crippen LogP contribution is 2.17. The zero-order chi connectivity index (χ0) is 11.1. The molecule has 0 saturated heterocycles. The number of halogens is 4. The number of alkyl halides is 4. The summed E-state index contributed by atoms with van der Waals surface area (Å²) in [5.41, 5.74) is 0. The van der Waals surface area contributed by atoms with Gasteiger partial charge in [0, 0.05) is 0 Å². The zero-order valence-corrected chi connectivity index (χ0v) is 9.37. The normalized spacial score (nSPS) is 16.3. The third-order valence-electron chi connectivity index (χ3n) is 0.864. The molecule has 6 nitrogen and oxygen atoms in total. The Morgan fingerprint density at radius 1 is 0.714 bits per heavy atom. The molecular weight excluding hydrogens is 286 g/mol. The molecule has 2 atom stereocenters. The van der Waals surface area contributed by atoms with Crippen LogP contribution in [-0.4, -0.2) is 32.8 Å². The van der Waals surface area contributed by atoms with Crippen molar-refractivity contribution >= 4 is 46.4 Å². The Balaban J connectivity index is 3.88. The van der Waals surface area contributed by atoms with Crippen LogP contribution in [0.3, 0.4) is 0 Å². The molecule has 10 heteroatoms. The van der Waals surface area contributed by atoms with Gasteiger partial charge in [0.25, 0.3) is 12.6 Å². The lowest BCUT2D eigenvalue weighted by Gasteiger charge is -2.18. The van der Waals surface area contributed by atoms with Crippen molar-refractivity contribution in [2.45, 2.75) is 22.3 Å². The molecule has 0 aliphatic carbocycles. The summed E-state index contributed by atoms with van der Waals surface area (Å²) in [6.07, 6.45) is -2.99. The lowest BCUT2D eigenvalue weighted by atomic mass is 10.7. The van der Waals surface area contributed by atoms with Gasteiger partial charge in [-0.1, -0.05) is 46.4 Å². The van der Waals surface area contributed by atoms with Crippen LogP contribution >= 0.6 is 46.4 Å². The predicted octanol–water partition coefficient (Wildman–Crippen LogP) is 2.17. The van der Waals surface area contributed by atoms with E-state index < -0.39 is 22.3 Å². The predicted molar refractivity (Wildman–Crippen MR) is 48.2 cm³/mol. The summed E-state index contributed by atoms with van der Waals surface area (Å²) in [5, 5.41) is 16.4. The van der Waals surface area contributed by atoms with Gasteiger partial charge >= 0.3 is 0 Å². The van der Waals surface area contributed by atoms with Crippen molar-refractivity contribution in [3.63, 3.8) is 0 Å². The molecule has 86 valence electrons. The molecule has 0 aliphatic heterocycles. The molecule has 2 unspecified atom stereocenters. The molecule has 14 heavy (non-hydrogen) atoms. The van der Waals surface area contributed by atoms with Crippen LogP contribution in [0.1, 0.15) is 0 Å². The van der Waals surface area contributed by atoms with Crippen LogP contribution in [0.4, 0.5) is 0 Å². The number of hydrogen-bond acceptors (Lipinski definition) is 6. The molecule has 0 heterocycles. The zero-order valence-electron chi connectivity index (χ0n) is 6.35. The first-order valence-corrected chi connectivity index (χ1v) is 4.76. The SMILES string of the molecule is OOC(OOC(OO)C(Cl)Cl)C(Cl)Cl. The molecule has 2 N–H and O–H groups in total. The van der Waals surface area contributed by atoms with Gasteiger partial charge in [-0.3, -0.25) is 0 Å². The van der Waals surface area contributed by atoms with Crippen LogP contribution in [0.25, 0.3) is 0 Å². The largest absolute Gasteiger partial charge is 0.253 e. The summed E-state index contributed by atoms with van der Waals surface area (Å²) in [6, 6.07) is 0. The Bertz CT molecular complexity index is 130. The van der Waals surface area contributed by atoms with Crippen LogP contribution in [-0.2, 0) is 19.6 Å². The van der Waals surface area contributed by atoms with Crippen molar-refractivity contribution in [3.05, 3.63) is 0 Å². The maximum absolute atomic E-state index is 8.18. The van der Waals surface area contributed by atoms with Crippen LogP contribution in [0, 0.1) is 0 Å². The minimum Gasteiger partial charge on any atom is -0.249 e. The molecular formula is C4H6Cl4O6. The Morgan fingerprint density at radius 3 is 1.14 bits per heavy atom. The molecule has 0 aromatic rings. The van der Waals surface area contributed by atoms with Crippen LogP contribution < -0.4 is 0 Å². The van der Waals surface area contributed by atoms with Crippen molar-refractivity contribution in [2.24, 2.45) is 0 Å². The van der Waals surface area contributed by atoms with Gasteiger partial charge in [0.15, 0.2) is 9.67 Å². The van der Waals surface area contributed by atoms with E-state index >= 15 is 0 Å². The molecule has 0 aromatic carbocycles. The lowest BCUT2D eigenvalue weighted by Crippen LogP contribution is -2.30. The first kappa shape index (κ1) is 14.9. The van der Waals surface area contributed by atoms with E-state index in [1.54, 1.807) is 0 Å². The molecule has 0 radical (unpaired) electrons. The van der Waals surface area contributed by atoms with Crippen molar-refractivity contribution in [1.29, 1.82) is 0 Å². The average Bonchev–Trinajstić information content (AvgIpc) is 2.11. The third-order valence-corrected chi connectivity index (χ3v) is 1.69. The quantitative estimate of drug-likeness (QED) is 0.324. The van der Waals surface area contributed by atoms with Crippen LogP contribution in [0.2, 0.25) is 0 Å². The molecule has 0 aromatic heterocycles. The maximum Gasteiger partial charge on any atom is 0.253 e. The summed E-state index contributed by atoms with van der Waals surface area (Å²) in [5.74, 6) is 0. The monoisotopic (exact) mass is 290 g/mol. The molecule has 0 aliphatic rings. The first-order chi connectivity index (χ1) is 6.52. The van der Waals surface area contributed by atoms with Crippen LogP contribution in [0.15, 0.2) is 0 Å². The summed E-state index contributed by atoms with van der Waals surface area (Å²) < 4.78 is 0. The third kappa shape index (κ3) is 5.72. The van der Waals surface area contributed by atoms with Crippen molar-refractivity contribution < 1.29 is 30.1 Å². The van der Waals surface area contributed by atoms with Crippen molar-refractivity contribution in [3.8, 4) is 0 Å². The van der Waals surface area contributed by atoms with E-state index in [0.29, 0.717) is 0 Å². The fourth-order valence-electron chi connectivity index (χ4n) is 0.321. The van der Waals surface area contributed by atoms with E-state index in [4.69, 9.17) is 56.9 Å². The van der Waals surface area contributed by atoms with E-state index in [1.165, 1.54) is 0 Å². The van der Waals surface area contributed by atoms with E-state index in [1.807, 2.05) is 0 Å². The van der Waals surface area contributed by atoms with Gasteiger partial charge < -0.3 is 0 Å². The van der Waals surface area contributed by atoms with Gasteiger partial charge in [0.1, 0.15) is 0 Å². The lowest BCUT2D eigenvalue weighted by molar-refractivity contribution is -0.503. The molecule has 0 fully saturated rings. The summed E-state index contributed by atoms with van der Waals surface area (Å²) in [7, 11) is 0. The molecule has 0 rings (SSSR count). The highest BCUT2D eigenvalue weighted by atomic mass is 35.5. The van der Waals surface area contributed by atoms with Crippen LogP contribution in [0.5, 0.6) is 0 Å². The second-order valence-corrected chi connectivity index (χ2v) is 4.14. The summed E-state index contributed by atoms with van der Waals surface area (Å²) >= 11 is 21.0. The number of rotatable bonds is 7. The van der Waals surface area contributed by atoms with Gasteiger partial charge in [-0.25, -0.2) is 20.3 Å². The van der Waals surface area contributed by atoms with E-state index in [9.17, 15) is 0 Å². The number of hydrogen-bond donors (Lipinski definition) is 2. The average molecular weight is 292 g/mol. The standard InChI is InChI=1S/C4H6Cl4O6/c5-1(6)3(11-9)13-14-4(12-10)2(7)8/h1-4,9-10H. The second-order valence-electron chi connectivity index (χ2n) is 1.81. The van der Waals surface area contributed by atoms with Gasteiger partial charge in [-0.05, 0) is 0 Å².